The number of sulfonamides is 1. The van der Waals surface area contributed by atoms with Crippen LogP contribution in [0.25, 0.3) is 0 Å². The molecular weight excluding hydrogens is 256 g/mol. The Labute approximate surface area is 107 Å². The molecule has 17 heavy (non-hydrogen) atoms. The second kappa shape index (κ2) is 5.06. The van der Waals surface area contributed by atoms with Gasteiger partial charge in [0.15, 0.2) is 0 Å². The molecule has 1 aliphatic heterocycles. The fraction of sp³-hybridized carbons (Fsp3) is 0.636. The Bertz CT molecular complexity index is 481. The zero-order valence-electron chi connectivity index (χ0n) is 10.1. The molecule has 0 bridgehead atoms. The Hall–Kier alpha value is -0.430. The first kappa shape index (κ1) is 13.0. The third-order valence-electron chi connectivity index (χ3n) is 3.14. The van der Waals surface area contributed by atoms with Crippen molar-refractivity contribution in [3.8, 4) is 0 Å². The highest BCUT2D eigenvalue weighted by Gasteiger charge is 2.32. The summed E-state index contributed by atoms with van der Waals surface area (Å²) in [6.45, 7) is 3.24. The minimum absolute atomic E-state index is 0.287. The maximum absolute atomic E-state index is 12.3. The molecule has 2 heterocycles. The van der Waals surface area contributed by atoms with Gasteiger partial charge in [0.05, 0.1) is 0 Å². The number of nitrogens with one attached hydrogen (secondary N) is 1. The van der Waals surface area contributed by atoms with Crippen LogP contribution in [-0.4, -0.2) is 38.9 Å². The predicted molar refractivity (Wildman–Crippen MR) is 69.9 cm³/mol. The van der Waals surface area contributed by atoms with E-state index in [1.165, 1.54) is 11.3 Å². The Morgan fingerprint density at radius 2 is 2.29 bits per heavy atom. The molecule has 0 amide bonds. The third-order valence-corrected chi connectivity index (χ3v) is 6.70. The standard InChI is InChI=1S/C11H18N2O2S2/c1-3-10-4-5-11(16-10)17(14,15)13-7-6-9(8-13)12-2/h4-5,9,12H,3,6-8H2,1-2H3. The van der Waals surface area contributed by atoms with Crippen molar-refractivity contribution >= 4 is 21.4 Å². The van der Waals surface area contributed by atoms with Crippen molar-refractivity contribution < 1.29 is 8.42 Å². The van der Waals surface area contributed by atoms with Gasteiger partial charge >= 0.3 is 0 Å². The minimum atomic E-state index is -3.26. The van der Waals surface area contributed by atoms with Crippen molar-refractivity contribution in [3.63, 3.8) is 0 Å². The molecule has 1 atom stereocenters. The van der Waals surface area contributed by atoms with E-state index in [9.17, 15) is 8.42 Å². The monoisotopic (exact) mass is 274 g/mol. The molecule has 2 rings (SSSR count). The quantitative estimate of drug-likeness (QED) is 0.900. The summed E-state index contributed by atoms with van der Waals surface area (Å²) in [7, 11) is -1.38. The van der Waals surface area contributed by atoms with Crippen molar-refractivity contribution in [1.82, 2.24) is 9.62 Å². The normalized spacial score (nSPS) is 22.1. The SMILES string of the molecule is CCc1ccc(S(=O)(=O)N2CCC(NC)C2)s1. The molecule has 1 unspecified atom stereocenters. The lowest BCUT2D eigenvalue weighted by atomic mass is 10.3. The number of hydrogen-bond donors (Lipinski definition) is 1. The first-order valence-electron chi connectivity index (χ1n) is 5.84. The van der Waals surface area contributed by atoms with Gasteiger partial charge in [-0.15, -0.1) is 11.3 Å². The van der Waals surface area contributed by atoms with Gasteiger partial charge in [0, 0.05) is 24.0 Å². The molecule has 1 saturated heterocycles. The summed E-state index contributed by atoms with van der Waals surface area (Å²) in [5.41, 5.74) is 0. The summed E-state index contributed by atoms with van der Waals surface area (Å²) in [6, 6.07) is 3.92. The average Bonchev–Trinajstić information content (AvgIpc) is 2.98. The molecule has 1 fully saturated rings. The fourth-order valence-electron chi connectivity index (χ4n) is 2.00. The first-order valence-corrected chi connectivity index (χ1v) is 8.09. The van der Waals surface area contributed by atoms with E-state index < -0.39 is 10.0 Å². The number of thiophene rings is 1. The Morgan fingerprint density at radius 1 is 1.53 bits per heavy atom. The molecule has 4 nitrogen and oxygen atoms in total. The molecule has 6 heteroatoms. The molecule has 0 spiro atoms. The molecule has 0 aromatic carbocycles. The highest BCUT2D eigenvalue weighted by molar-refractivity contribution is 7.91. The van der Waals surface area contributed by atoms with E-state index in [0.29, 0.717) is 17.3 Å². The smallest absolute Gasteiger partial charge is 0.252 e. The summed E-state index contributed by atoms with van der Waals surface area (Å²) in [6.07, 6.45) is 1.78. The Morgan fingerprint density at radius 3 is 2.82 bits per heavy atom. The molecule has 96 valence electrons. The van der Waals surface area contributed by atoms with E-state index in [1.807, 2.05) is 20.0 Å². The van der Waals surface area contributed by atoms with E-state index in [4.69, 9.17) is 0 Å². The first-order chi connectivity index (χ1) is 8.07. The summed E-state index contributed by atoms with van der Waals surface area (Å²) >= 11 is 1.39. The molecule has 0 aliphatic carbocycles. The van der Waals surface area contributed by atoms with Gasteiger partial charge in [-0.3, -0.25) is 0 Å². The van der Waals surface area contributed by atoms with Crippen molar-refractivity contribution in [1.29, 1.82) is 0 Å². The van der Waals surface area contributed by atoms with Crippen molar-refractivity contribution in [2.75, 3.05) is 20.1 Å². The second-order valence-corrected chi connectivity index (χ2v) is 7.54. The van der Waals surface area contributed by atoms with Gasteiger partial charge in [-0.1, -0.05) is 6.92 Å². The summed E-state index contributed by atoms with van der Waals surface area (Å²) in [4.78, 5) is 1.12. The van der Waals surface area contributed by atoms with E-state index >= 15 is 0 Å². The third kappa shape index (κ3) is 2.54. The van der Waals surface area contributed by atoms with Crippen LogP contribution in [0.15, 0.2) is 16.3 Å². The highest BCUT2D eigenvalue weighted by atomic mass is 32.2. The molecule has 1 aromatic rings. The molecular formula is C11H18N2O2S2. The van der Waals surface area contributed by atoms with Crippen LogP contribution in [0.5, 0.6) is 0 Å². The molecule has 1 aromatic heterocycles. The van der Waals surface area contributed by atoms with Gasteiger partial charge in [-0.05, 0) is 32.0 Å². The lowest BCUT2D eigenvalue weighted by Crippen LogP contribution is -2.33. The lowest BCUT2D eigenvalue weighted by Gasteiger charge is -2.14. The van der Waals surface area contributed by atoms with E-state index in [-0.39, 0.29) is 6.04 Å². The van der Waals surface area contributed by atoms with Crippen molar-refractivity contribution in [2.45, 2.75) is 30.0 Å². The van der Waals surface area contributed by atoms with Gasteiger partial charge < -0.3 is 5.32 Å². The van der Waals surface area contributed by atoms with Gasteiger partial charge in [0.2, 0.25) is 0 Å². The number of rotatable bonds is 4. The zero-order valence-corrected chi connectivity index (χ0v) is 11.8. The lowest BCUT2D eigenvalue weighted by molar-refractivity contribution is 0.466. The Kier molecular flexibility index (Phi) is 3.87. The summed E-state index contributed by atoms with van der Waals surface area (Å²) in [5.74, 6) is 0. The van der Waals surface area contributed by atoms with E-state index in [2.05, 4.69) is 5.32 Å². The number of likely N-dealkylation sites (N-methyl/N-ethyl adjacent to an activating group) is 1. The minimum Gasteiger partial charge on any atom is -0.316 e. The Balaban J connectivity index is 2.19. The van der Waals surface area contributed by atoms with E-state index in [0.717, 1.165) is 17.7 Å². The van der Waals surface area contributed by atoms with E-state index in [1.54, 1.807) is 10.4 Å². The second-order valence-electron chi connectivity index (χ2n) is 4.21. The molecule has 0 radical (unpaired) electrons. The zero-order chi connectivity index (χ0) is 12.5. The predicted octanol–water partition coefficient (Wildman–Crippen LogP) is 1.29. The van der Waals surface area contributed by atoms with Crippen LogP contribution in [0.2, 0.25) is 0 Å². The molecule has 0 saturated carbocycles. The topological polar surface area (TPSA) is 49.4 Å². The van der Waals surface area contributed by atoms with Gasteiger partial charge in [0.1, 0.15) is 4.21 Å². The number of hydrogen-bond acceptors (Lipinski definition) is 4. The number of aryl methyl sites for hydroxylation is 1. The highest BCUT2D eigenvalue weighted by Crippen LogP contribution is 2.27. The maximum atomic E-state index is 12.3. The molecule has 1 N–H and O–H groups in total. The van der Waals surface area contributed by atoms with Crippen LogP contribution in [0.1, 0.15) is 18.2 Å². The maximum Gasteiger partial charge on any atom is 0.252 e. The van der Waals surface area contributed by atoms with Crippen LogP contribution in [0.3, 0.4) is 0 Å². The summed E-state index contributed by atoms with van der Waals surface area (Å²) < 4.78 is 26.7. The van der Waals surface area contributed by atoms with Crippen LogP contribution in [0.4, 0.5) is 0 Å². The fourth-order valence-corrected chi connectivity index (χ4v) is 4.95. The van der Waals surface area contributed by atoms with Crippen LogP contribution in [0, 0.1) is 0 Å². The average molecular weight is 274 g/mol. The van der Waals surface area contributed by atoms with Crippen LogP contribution < -0.4 is 5.32 Å². The van der Waals surface area contributed by atoms with Gasteiger partial charge in [-0.2, -0.15) is 4.31 Å². The number of nitrogens with zero attached hydrogens (tertiary/aromatic N) is 1. The van der Waals surface area contributed by atoms with Crippen molar-refractivity contribution in [3.05, 3.63) is 17.0 Å². The van der Waals surface area contributed by atoms with Crippen LogP contribution >= 0.6 is 11.3 Å². The van der Waals surface area contributed by atoms with Gasteiger partial charge in [-0.25, -0.2) is 8.42 Å². The summed E-state index contributed by atoms with van der Waals surface area (Å²) in [5, 5.41) is 3.13. The van der Waals surface area contributed by atoms with Crippen molar-refractivity contribution in [2.24, 2.45) is 0 Å². The van der Waals surface area contributed by atoms with Gasteiger partial charge in [0.25, 0.3) is 10.0 Å². The molecule has 1 aliphatic rings. The van der Waals surface area contributed by atoms with Crippen LogP contribution in [-0.2, 0) is 16.4 Å². The largest absolute Gasteiger partial charge is 0.316 e.